The lowest BCUT2D eigenvalue weighted by molar-refractivity contribution is -0.155. The lowest BCUT2D eigenvalue weighted by Gasteiger charge is -2.19. The summed E-state index contributed by atoms with van der Waals surface area (Å²) in [6.45, 7) is 11.1. The molecule has 0 aromatic carbocycles. The third kappa shape index (κ3) is 13.1. The molecule has 0 aromatic rings. The summed E-state index contributed by atoms with van der Waals surface area (Å²) in [5.74, 6) is -0.399. The van der Waals surface area contributed by atoms with Crippen LogP contribution in [0.2, 0.25) is 0 Å². The Morgan fingerprint density at radius 1 is 0.750 bits per heavy atom. The third-order valence-corrected chi connectivity index (χ3v) is 2.04. The number of carbonyl (C=O) groups is 2. The first kappa shape index (κ1) is 18.7. The van der Waals surface area contributed by atoms with Crippen LogP contribution in [0.4, 0.5) is 0 Å². The topological polar surface area (TPSA) is 52.6 Å². The van der Waals surface area contributed by atoms with Gasteiger partial charge in [0, 0.05) is 12.8 Å². The van der Waals surface area contributed by atoms with Crippen LogP contribution in [-0.4, -0.2) is 23.1 Å². The van der Waals surface area contributed by atoms with Gasteiger partial charge in [0.1, 0.15) is 11.2 Å². The van der Waals surface area contributed by atoms with Gasteiger partial charge in [-0.3, -0.25) is 9.59 Å². The summed E-state index contributed by atoms with van der Waals surface area (Å²) in [6.07, 6.45) is 5.77. The maximum absolute atomic E-state index is 11.4. The van der Waals surface area contributed by atoms with E-state index in [0.717, 1.165) is 0 Å². The highest BCUT2D eigenvalue weighted by Gasteiger charge is 2.16. The molecule has 20 heavy (non-hydrogen) atoms. The highest BCUT2D eigenvalue weighted by Crippen LogP contribution is 2.10. The van der Waals surface area contributed by atoms with E-state index in [-0.39, 0.29) is 11.9 Å². The average molecular weight is 284 g/mol. The van der Waals surface area contributed by atoms with E-state index in [1.54, 1.807) is 0 Å². The minimum Gasteiger partial charge on any atom is -0.460 e. The van der Waals surface area contributed by atoms with E-state index in [4.69, 9.17) is 9.47 Å². The molecule has 0 aliphatic heterocycles. The second kappa shape index (κ2) is 8.08. The lowest BCUT2D eigenvalue weighted by atomic mass is 10.2. The number of allylic oxidation sites excluding steroid dienone is 2. The Balaban J connectivity index is 3.73. The van der Waals surface area contributed by atoms with E-state index in [0.29, 0.717) is 25.7 Å². The van der Waals surface area contributed by atoms with E-state index in [9.17, 15) is 9.59 Å². The Kier molecular flexibility index (Phi) is 7.54. The second-order valence-electron chi connectivity index (χ2n) is 6.72. The molecular formula is C16H28O4. The van der Waals surface area contributed by atoms with E-state index in [2.05, 4.69) is 0 Å². The highest BCUT2D eigenvalue weighted by molar-refractivity contribution is 5.70. The minimum atomic E-state index is -0.433. The lowest BCUT2D eigenvalue weighted by Crippen LogP contribution is -2.23. The summed E-state index contributed by atoms with van der Waals surface area (Å²) in [7, 11) is 0. The van der Waals surface area contributed by atoms with Crippen molar-refractivity contribution in [3.8, 4) is 0 Å². The minimum absolute atomic E-state index is 0.200. The van der Waals surface area contributed by atoms with Crippen molar-refractivity contribution in [1.29, 1.82) is 0 Å². The predicted molar refractivity (Wildman–Crippen MR) is 79.3 cm³/mol. The molecule has 4 nitrogen and oxygen atoms in total. The van der Waals surface area contributed by atoms with Crippen LogP contribution < -0.4 is 0 Å². The molecule has 0 heterocycles. The number of hydrogen-bond acceptors (Lipinski definition) is 4. The van der Waals surface area contributed by atoms with Crippen LogP contribution in [0.5, 0.6) is 0 Å². The van der Waals surface area contributed by atoms with Crippen LogP contribution in [0, 0.1) is 0 Å². The van der Waals surface area contributed by atoms with Crippen LogP contribution in [0.25, 0.3) is 0 Å². The fourth-order valence-electron chi connectivity index (χ4n) is 1.42. The monoisotopic (exact) mass is 284 g/mol. The standard InChI is InChI=1S/C16H28O4/c1-15(2,3)19-13(17)11-9-7-8-10-12-14(18)20-16(4,5)6/h7-8H,9-12H2,1-6H3. The number of hydrogen-bond donors (Lipinski definition) is 0. The van der Waals surface area contributed by atoms with Gasteiger partial charge in [-0.15, -0.1) is 0 Å². The van der Waals surface area contributed by atoms with Crippen molar-refractivity contribution in [3.63, 3.8) is 0 Å². The molecule has 0 rings (SSSR count). The molecule has 0 saturated heterocycles. The van der Waals surface area contributed by atoms with Crippen LogP contribution in [0.1, 0.15) is 67.2 Å². The fourth-order valence-corrected chi connectivity index (χ4v) is 1.42. The largest absolute Gasteiger partial charge is 0.460 e. The number of ether oxygens (including phenoxy) is 2. The number of rotatable bonds is 6. The molecule has 0 radical (unpaired) electrons. The average Bonchev–Trinajstić information content (AvgIpc) is 2.17. The molecule has 0 saturated carbocycles. The molecule has 0 fully saturated rings. The van der Waals surface area contributed by atoms with Crippen LogP contribution in [-0.2, 0) is 19.1 Å². The van der Waals surface area contributed by atoms with Gasteiger partial charge in [0.2, 0.25) is 0 Å². The normalized spacial score (nSPS) is 12.5. The molecule has 0 aliphatic rings. The van der Waals surface area contributed by atoms with Gasteiger partial charge < -0.3 is 9.47 Å². The molecule has 0 bridgehead atoms. The Hall–Kier alpha value is -1.32. The quantitative estimate of drug-likeness (QED) is 0.550. The van der Waals surface area contributed by atoms with Gasteiger partial charge >= 0.3 is 11.9 Å². The van der Waals surface area contributed by atoms with E-state index >= 15 is 0 Å². The molecule has 4 heteroatoms. The molecule has 0 spiro atoms. The van der Waals surface area contributed by atoms with Crippen molar-refractivity contribution in [2.45, 2.75) is 78.4 Å². The van der Waals surface area contributed by atoms with Crippen molar-refractivity contribution in [2.24, 2.45) is 0 Å². The van der Waals surface area contributed by atoms with Gasteiger partial charge in [0.15, 0.2) is 0 Å². The molecule has 0 amide bonds. The second-order valence-corrected chi connectivity index (χ2v) is 6.72. The number of carbonyl (C=O) groups excluding carboxylic acids is 2. The molecule has 0 unspecified atom stereocenters. The summed E-state index contributed by atoms with van der Waals surface area (Å²) in [4.78, 5) is 22.9. The predicted octanol–water partition coefficient (Wildman–Crippen LogP) is 3.79. The van der Waals surface area contributed by atoms with Gasteiger partial charge in [-0.25, -0.2) is 0 Å². The van der Waals surface area contributed by atoms with Gasteiger partial charge in [-0.05, 0) is 54.4 Å². The maximum atomic E-state index is 11.4. The molecule has 0 aromatic heterocycles. The highest BCUT2D eigenvalue weighted by atomic mass is 16.6. The first-order chi connectivity index (χ1) is 8.99. The van der Waals surface area contributed by atoms with Crippen molar-refractivity contribution in [3.05, 3.63) is 12.2 Å². The molecule has 0 aliphatic carbocycles. The van der Waals surface area contributed by atoms with E-state index in [1.165, 1.54) is 0 Å². The van der Waals surface area contributed by atoms with E-state index in [1.807, 2.05) is 53.7 Å². The molecule has 116 valence electrons. The van der Waals surface area contributed by atoms with Crippen LogP contribution in [0.15, 0.2) is 12.2 Å². The first-order valence-corrected chi connectivity index (χ1v) is 7.08. The van der Waals surface area contributed by atoms with Crippen molar-refractivity contribution in [1.82, 2.24) is 0 Å². The summed E-state index contributed by atoms with van der Waals surface area (Å²) >= 11 is 0. The SMILES string of the molecule is CC(C)(C)OC(=O)CCC=CCCC(=O)OC(C)(C)C. The van der Waals surface area contributed by atoms with Crippen molar-refractivity contribution >= 4 is 11.9 Å². The van der Waals surface area contributed by atoms with Crippen molar-refractivity contribution in [2.75, 3.05) is 0 Å². The first-order valence-electron chi connectivity index (χ1n) is 7.08. The zero-order valence-electron chi connectivity index (χ0n) is 13.6. The number of esters is 2. The Labute approximate surface area is 122 Å². The smallest absolute Gasteiger partial charge is 0.306 e. The summed E-state index contributed by atoms with van der Waals surface area (Å²) in [5.41, 5.74) is -0.866. The maximum Gasteiger partial charge on any atom is 0.306 e. The Morgan fingerprint density at radius 2 is 1.05 bits per heavy atom. The molecule has 0 atom stereocenters. The van der Waals surface area contributed by atoms with Gasteiger partial charge in [-0.2, -0.15) is 0 Å². The summed E-state index contributed by atoms with van der Waals surface area (Å²) < 4.78 is 10.4. The molecule has 0 N–H and O–H groups in total. The zero-order valence-corrected chi connectivity index (χ0v) is 13.6. The molecular weight excluding hydrogens is 256 g/mol. The summed E-state index contributed by atoms with van der Waals surface area (Å²) in [5, 5.41) is 0. The van der Waals surface area contributed by atoms with E-state index < -0.39 is 11.2 Å². The third-order valence-electron chi connectivity index (χ3n) is 2.04. The van der Waals surface area contributed by atoms with Gasteiger partial charge in [-0.1, -0.05) is 12.2 Å². The van der Waals surface area contributed by atoms with Gasteiger partial charge in [0.25, 0.3) is 0 Å². The zero-order chi connectivity index (χ0) is 15.8. The van der Waals surface area contributed by atoms with Crippen LogP contribution in [0.3, 0.4) is 0 Å². The Morgan fingerprint density at radius 3 is 1.30 bits per heavy atom. The van der Waals surface area contributed by atoms with Crippen molar-refractivity contribution < 1.29 is 19.1 Å². The van der Waals surface area contributed by atoms with Gasteiger partial charge in [0.05, 0.1) is 0 Å². The Bertz CT molecular complexity index is 308. The summed E-state index contributed by atoms with van der Waals surface area (Å²) in [6, 6.07) is 0. The fraction of sp³-hybridized carbons (Fsp3) is 0.750. The van der Waals surface area contributed by atoms with Crippen LogP contribution >= 0.6 is 0 Å².